The van der Waals surface area contributed by atoms with Gasteiger partial charge in [-0.15, -0.1) is 0 Å². The molecule has 1 aliphatic carbocycles. The van der Waals surface area contributed by atoms with Gasteiger partial charge in [0.2, 0.25) is 0 Å². The number of benzene rings is 1. The molecule has 0 bridgehead atoms. The van der Waals surface area contributed by atoms with Crippen LogP contribution in [0.3, 0.4) is 0 Å². The number of anilines is 4. The van der Waals surface area contributed by atoms with Gasteiger partial charge in [-0.05, 0) is 38.1 Å². The van der Waals surface area contributed by atoms with Crippen molar-refractivity contribution in [1.29, 1.82) is 5.41 Å². The third-order valence-electron chi connectivity index (χ3n) is 5.56. The average Bonchev–Trinajstić information content (AvgIpc) is 2.76. The standard InChI is InChI=1S/C21H26F3N7O/c1-27-14-5-3-6-15(12(14)10-25)29-19-11(18(26)32)9-13(22)20(31-19)30-17-16(28-2)7-4-8-21(17,23)24/h3,5-6,9-10,16-17,25,27-28H,4,7-8H2,1-2H3,(H2,26,32)(H2,29,30,31). The fourth-order valence-electron chi connectivity index (χ4n) is 3.89. The van der Waals surface area contributed by atoms with E-state index in [4.69, 9.17) is 11.1 Å². The number of aromatic nitrogens is 1. The van der Waals surface area contributed by atoms with Crippen LogP contribution in [0.5, 0.6) is 0 Å². The molecule has 2 atom stereocenters. The maximum absolute atomic E-state index is 14.8. The van der Waals surface area contributed by atoms with E-state index >= 15 is 0 Å². The molecule has 2 unspecified atom stereocenters. The summed E-state index contributed by atoms with van der Waals surface area (Å²) in [4.78, 5) is 16.0. The molecule has 8 nitrogen and oxygen atoms in total. The molecule has 1 aromatic carbocycles. The number of halogens is 3. The maximum atomic E-state index is 14.8. The lowest BCUT2D eigenvalue weighted by Crippen LogP contribution is -2.56. The predicted octanol–water partition coefficient (Wildman–Crippen LogP) is 3.29. The van der Waals surface area contributed by atoms with Crippen molar-refractivity contribution < 1.29 is 18.0 Å². The van der Waals surface area contributed by atoms with Gasteiger partial charge >= 0.3 is 0 Å². The minimum absolute atomic E-state index is 0.113. The quantitative estimate of drug-likeness (QED) is 0.343. The van der Waals surface area contributed by atoms with Crippen LogP contribution in [0.15, 0.2) is 24.3 Å². The van der Waals surface area contributed by atoms with Crippen LogP contribution in [-0.2, 0) is 0 Å². The van der Waals surface area contributed by atoms with Crippen molar-refractivity contribution in [2.75, 3.05) is 30.0 Å². The summed E-state index contributed by atoms with van der Waals surface area (Å²) >= 11 is 0. The monoisotopic (exact) mass is 449 g/mol. The highest BCUT2D eigenvalue weighted by Crippen LogP contribution is 2.36. The van der Waals surface area contributed by atoms with E-state index < -0.39 is 35.5 Å². The summed E-state index contributed by atoms with van der Waals surface area (Å²) in [7, 11) is 3.25. The second kappa shape index (κ2) is 9.43. The lowest BCUT2D eigenvalue weighted by atomic mass is 9.87. The third-order valence-corrected chi connectivity index (χ3v) is 5.56. The number of nitrogens with zero attached hydrogens (tertiary/aromatic N) is 1. The molecule has 7 N–H and O–H groups in total. The summed E-state index contributed by atoms with van der Waals surface area (Å²) in [6, 6.07) is 3.96. The van der Waals surface area contributed by atoms with Crippen molar-refractivity contribution in [2.24, 2.45) is 5.73 Å². The summed E-state index contributed by atoms with van der Waals surface area (Å²) in [5.41, 5.74) is 6.63. The number of nitrogens with two attached hydrogens (primary N) is 1. The van der Waals surface area contributed by atoms with Crippen LogP contribution < -0.4 is 27.0 Å². The molecule has 1 amide bonds. The number of likely N-dealkylation sites (N-methyl/N-ethyl adjacent to an activating group) is 1. The van der Waals surface area contributed by atoms with Gasteiger partial charge in [0.25, 0.3) is 11.8 Å². The number of hydrogen-bond acceptors (Lipinski definition) is 7. The highest BCUT2D eigenvalue weighted by Gasteiger charge is 2.47. The van der Waals surface area contributed by atoms with E-state index in [1.54, 1.807) is 32.3 Å². The van der Waals surface area contributed by atoms with E-state index in [0.29, 0.717) is 29.8 Å². The SMILES string of the molecule is CNc1cccc(Nc2nc(NC3C(NC)CCCC3(F)F)c(F)cc2C(N)=O)c1C=N. The first-order valence-corrected chi connectivity index (χ1v) is 10.1. The molecule has 32 heavy (non-hydrogen) atoms. The van der Waals surface area contributed by atoms with Crippen molar-refractivity contribution in [3.63, 3.8) is 0 Å². The Morgan fingerprint density at radius 2 is 2.00 bits per heavy atom. The van der Waals surface area contributed by atoms with E-state index in [1.165, 1.54) is 0 Å². The van der Waals surface area contributed by atoms with Crippen molar-refractivity contribution in [3.8, 4) is 0 Å². The molecule has 1 aromatic heterocycles. The van der Waals surface area contributed by atoms with E-state index in [2.05, 4.69) is 26.3 Å². The molecule has 1 saturated carbocycles. The van der Waals surface area contributed by atoms with E-state index in [1.807, 2.05) is 0 Å². The molecular weight excluding hydrogens is 423 g/mol. The first kappa shape index (κ1) is 23.3. The summed E-state index contributed by atoms with van der Waals surface area (Å²) in [5.74, 6) is -5.53. The zero-order valence-electron chi connectivity index (χ0n) is 17.7. The normalized spacial score (nSPS) is 19.8. The molecular formula is C21H26F3N7O. The second-order valence-electron chi connectivity index (χ2n) is 7.54. The molecule has 3 rings (SSSR count). The number of rotatable bonds is 8. The fraction of sp³-hybridized carbons (Fsp3) is 0.381. The third kappa shape index (κ3) is 4.62. The highest BCUT2D eigenvalue weighted by molar-refractivity contribution is 6.00. The molecule has 0 saturated heterocycles. The van der Waals surface area contributed by atoms with Gasteiger partial charge in [0.1, 0.15) is 11.9 Å². The van der Waals surface area contributed by atoms with Gasteiger partial charge < -0.3 is 32.4 Å². The van der Waals surface area contributed by atoms with Gasteiger partial charge in [-0.1, -0.05) is 6.07 Å². The van der Waals surface area contributed by atoms with Crippen molar-refractivity contribution in [1.82, 2.24) is 10.3 Å². The van der Waals surface area contributed by atoms with Crippen LogP contribution in [-0.4, -0.2) is 49.2 Å². The Bertz CT molecular complexity index is 1020. The molecule has 172 valence electrons. The average molecular weight is 449 g/mol. The molecule has 1 fully saturated rings. The number of carbonyl (C=O) groups excluding carboxylic acids is 1. The number of carbonyl (C=O) groups is 1. The van der Waals surface area contributed by atoms with Gasteiger partial charge in [-0.3, -0.25) is 4.79 Å². The summed E-state index contributed by atoms with van der Waals surface area (Å²) < 4.78 is 43.9. The molecule has 0 spiro atoms. The molecule has 1 aliphatic rings. The molecule has 11 heteroatoms. The molecule has 0 aliphatic heterocycles. The molecule has 2 aromatic rings. The number of primary amides is 1. The number of hydrogen-bond donors (Lipinski definition) is 6. The summed E-state index contributed by atoms with van der Waals surface area (Å²) in [6.45, 7) is 0. The summed E-state index contributed by atoms with van der Waals surface area (Å²) in [6.07, 6.45) is 1.61. The van der Waals surface area contributed by atoms with Gasteiger partial charge in [-0.25, -0.2) is 18.2 Å². The van der Waals surface area contributed by atoms with E-state index in [0.717, 1.165) is 12.3 Å². The molecule has 0 radical (unpaired) electrons. The van der Waals surface area contributed by atoms with Crippen LogP contribution in [0.25, 0.3) is 0 Å². The second-order valence-corrected chi connectivity index (χ2v) is 7.54. The lowest BCUT2D eigenvalue weighted by Gasteiger charge is -2.38. The smallest absolute Gasteiger partial charge is 0.269 e. The first-order valence-electron chi connectivity index (χ1n) is 10.1. The van der Waals surface area contributed by atoms with Crippen molar-refractivity contribution in [2.45, 2.75) is 37.3 Å². The van der Waals surface area contributed by atoms with Gasteiger partial charge in [-0.2, -0.15) is 0 Å². The maximum Gasteiger partial charge on any atom is 0.269 e. The number of nitrogens with one attached hydrogen (secondary N) is 5. The number of pyridine rings is 1. The Kier molecular flexibility index (Phi) is 6.87. The minimum atomic E-state index is -3.08. The Labute approximate surface area is 183 Å². The Balaban J connectivity index is 2.03. The van der Waals surface area contributed by atoms with E-state index in [9.17, 15) is 18.0 Å². The minimum Gasteiger partial charge on any atom is -0.388 e. The number of alkyl halides is 2. The Morgan fingerprint density at radius 1 is 1.28 bits per heavy atom. The zero-order valence-corrected chi connectivity index (χ0v) is 17.7. The summed E-state index contributed by atoms with van der Waals surface area (Å²) in [5, 5.41) is 18.9. The Hall–Kier alpha value is -3.34. The molecule has 1 heterocycles. The van der Waals surface area contributed by atoms with Crippen LogP contribution in [0.1, 0.15) is 35.2 Å². The van der Waals surface area contributed by atoms with Gasteiger partial charge in [0, 0.05) is 37.0 Å². The van der Waals surface area contributed by atoms with Crippen LogP contribution in [0, 0.1) is 11.2 Å². The lowest BCUT2D eigenvalue weighted by molar-refractivity contribution is -0.0550. The Morgan fingerprint density at radius 3 is 2.62 bits per heavy atom. The van der Waals surface area contributed by atoms with Crippen LogP contribution >= 0.6 is 0 Å². The van der Waals surface area contributed by atoms with Crippen LogP contribution in [0.2, 0.25) is 0 Å². The largest absolute Gasteiger partial charge is 0.388 e. The predicted molar refractivity (Wildman–Crippen MR) is 119 cm³/mol. The topological polar surface area (TPSA) is 128 Å². The van der Waals surface area contributed by atoms with Crippen molar-refractivity contribution in [3.05, 3.63) is 41.2 Å². The van der Waals surface area contributed by atoms with Crippen LogP contribution in [0.4, 0.5) is 36.2 Å². The van der Waals surface area contributed by atoms with Gasteiger partial charge in [0.05, 0.1) is 11.3 Å². The van der Waals surface area contributed by atoms with Gasteiger partial charge in [0.15, 0.2) is 11.6 Å². The van der Waals surface area contributed by atoms with Crippen molar-refractivity contribution >= 4 is 35.1 Å². The highest BCUT2D eigenvalue weighted by atomic mass is 19.3. The zero-order chi connectivity index (χ0) is 23.5. The first-order chi connectivity index (χ1) is 15.2. The fourth-order valence-corrected chi connectivity index (χ4v) is 3.89. The van der Waals surface area contributed by atoms with E-state index in [-0.39, 0.29) is 17.8 Å². The number of amides is 1.